The zero-order valence-corrected chi connectivity index (χ0v) is 12.3. The molecular formula is C19H18FNO. The summed E-state index contributed by atoms with van der Waals surface area (Å²) in [6.45, 7) is 0.536. The first-order valence-electron chi connectivity index (χ1n) is 7.42. The summed E-state index contributed by atoms with van der Waals surface area (Å²) in [4.78, 5) is 0. The van der Waals surface area contributed by atoms with Crippen molar-refractivity contribution in [1.29, 1.82) is 0 Å². The number of aliphatic hydroxyl groups is 1. The number of fused-ring (bicyclic) bond motifs is 1. The molecule has 2 aromatic rings. The first kappa shape index (κ1) is 14.8. The maximum atomic E-state index is 12.8. The van der Waals surface area contributed by atoms with Crippen LogP contribution in [-0.4, -0.2) is 18.3 Å². The topological polar surface area (TPSA) is 32.3 Å². The Hall–Kier alpha value is -2.15. The second kappa shape index (κ2) is 6.31. The number of hydrogen-bond donors (Lipinski definition) is 2. The van der Waals surface area contributed by atoms with Gasteiger partial charge in [0.2, 0.25) is 0 Å². The molecule has 1 unspecified atom stereocenters. The van der Waals surface area contributed by atoms with E-state index in [4.69, 9.17) is 0 Å². The Bertz CT molecular complexity index is 714. The summed E-state index contributed by atoms with van der Waals surface area (Å²) in [6.07, 6.45) is 1.84. The van der Waals surface area contributed by atoms with Crippen molar-refractivity contribution in [3.63, 3.8) is 0 Å². The number of aryl methyl sites for hydroxylation is 1. The van der Waals surface area contributed by atoms with Crippen molar-refractivity contribution in [2.45, 2.75) is 18.4 Å². The zero-order chi connectivity index (χ0) is 15.4. The van der Waals surface area contributed by atoms with Gasteiger partial charge in [-0.15, -0.1) is 0 Å². The van der Waals surface area contributed by atoms with Crippen LogP contribution in [-0.2, 0) is 12.0 Å². The molecule has 2 N–H and O–H groups in total. The first-order chi connectivity index (χ1) is 10.7. The van der Waals surface area contributed by atoms with Gasteiger partial charge in [0.25, 0.3) is 0 Å². The monoisotopic (exact) mass is 295 g/mol. The highest BCUT2D eigenvalue weighted by Gasteiger charge is 2.37. The Morgan fingerprint density at radius 2 is 1.91 bits per heavy atom. The van der Waals surface area contributed by atoms with E-state index in [0.29, 0.717) is 6.54 Å². The van der Waals surface area contributed by atoms with Gasteiger partial charge >= 0.3 is 0 Å². The molecule has 0 fully saturated rings. The van der Waals surface area contributed by atoms with Gasteiger partial charge in [0.05, 0.1) is 18.7 Å². The van der Waals surface area contributed by atoms with Gasteiger partial charge < -0.3 is 5.11 Å². The molecule has 3 heteroatoms. The second-order valence-electron chi connectivity index (χ2n) is 5.56. The molecule has 0 heterocycles. The van der Waals surface area contributed by atoms with E-state index in [-0.39, 0.29) is 12.4 Å². The van der Waals surface area contributed by atoms with Gasteiger partial charge in [-0.2, -0.15) is 0 Å². The smallest absolute Gasteiger partial charge is 0.123 e. The standard InChI is InChI=1S/C19H18FNO/c20-17-9-7-15(8-10-17)4-3-13-21-19(14-22)12-11-16-5-1-2-6-18(16)19/h1-2,5-10,21-22H,11-14H2. The van der Waals surface area contributed by atoms with Crippen LogP contribution in [0.5, 0.6) is 0 Å². The number of benzene rings is 2. The Morgan fingerprint density at radius 3 is 2.68 bits per heavy atom. The van der Waals surface area contributed by atoms with Crippen LogP contribution >= 0.6 is 0 Å². The molecule has 0 spiro atoms. The van der Waals surface area contributed by atoms with Gasteiger partial charge in [-0.25, -0.2) is 4.39 Å². The minimum absolute atomic E-state index is 0.0578. The van der Waals surface area contributed by atoms with E-state index in [1.54, 1.807) is 12.1 Å². The van der Waals surface area contributed by atoms with E-state index in [9.17, 15) is 9.50 Å². The van der Waals surface area contributed by atoms with Crippen molar-refractivity contribution in [1.82, 2.24) is 5.32 Å². The highest BCUT2D eigenvalue weighted by atomic mass is 19.1. The molecule has 22 heavy (non-hydrogen) atoms. The summed E-state index contributed by atoms with van der Waals surface area (Å²) in [6, 6.07) is 14.3. The van der Waals surface area contributed by atoms with Crippen LogP contribution in [0.3, 0.4) is 0 Å². The molecule has 3 rings (SSSR count). The number of aliphatic hydroxyl groups excluding tert-OH is 1. The zero-order valence-electron chi connectivity index (χ0n) is 12.3. The van der Waals surface area contributed by atoms with E-state index < -0.39 is 5.54 Å². The van der Waals surface area contributed by atoms with Crippen molar-refractivity contribution in [3.05, 3.63) is 71.0 Å². The molecule has 1 aliphatic carbocycles. The van der Waals surface area contributed by atoms with Gasteiger partial charge in [-0.05, 0) is 48.2 Å². The van der Waals surface area contributed by atoms with Gasteiger partial charge in [0.1, 0.15) is 5.82 Å². The molecule has 1 atom stereocenters. The average molecular weight is 295 g/mol. The second-order valence-corrected chi connectivity index (χ2v) is 5.56. The molecule has 0 aliphatic heterocycles. The van der Waals surface area contributed by atoms with Crippen molar-refractivity contribution in [2.24, 2.45) is 0 Å². The fraction of sp³-hybridized carbons (Fsp3) is 0.263. The lowest BCUT2D eigenvalue weighted by atomic mass is 9.92. The van der Waals surface area contributed by atoms with Crippen molar-refractivity contribution in [3.8, 4) is 11.8 Å². The SMILES string of the molecule is OCC1(NCC#Cc2ccc(F)cc2)CCc2ccccc21. The number of nitrogens with one attached hydrogen (secondary N) is 1. The third-order valence-electron chi connectivity index (χ3n) is 4.22. The number of hydrogen-bond acceptors (Lipinski definition) is 2. The quantitative estimate of drug-likeness (QED) is 0.853. The number of rotatable bonds is 3. The molecule has 1 aliphatic rings. The lowest BCUT2D eigenvalue weighted by Gasteiger charge is -2.28. The molecule has 0 aromatic heterocycles. The van der Waals surface area contributed by atoms with Gasteiger partial charge in [0.15, 0.2) is 0 Å². The highest BCUT2D eigenvalue weighted by molar-refractivity contribution is 5.39. The van der Waals surface area contributed by atoms with Crippen molar-refractivity contribution < 1.29 is 9.50 Å². The highest BCUT2D eigenvalue weighted by Crippen LogP contribution is 2.36. The minimum atomic E-state index is -0.395. The Balaban J connectivity index is 1.69. The molecule has 0 saturated carbocycles. The van der Waals surface area contributed by atoms with Gasteiger partial charge in [-0.1, -0.05) is 36.1 Å². The average Bonchev–Trinajstić information content (AvgIpc) is 2.93. The maximum Gasteiger partial charge on any atom is 0.123 e. The van der Waals surface area contributed by atoms with Crippen LogP contribution < -0.4 is 5.32 Å². The molecule has 0 radical (unpaired) electrons. The van der Waals surface area contributed by atoms with Crippen LogP contribution in [0.15, 0.2) is 48.5 Å². The molecular weight excluding hydrogens is 277 g/mol. The minimum Gasteiger partial charge on any atom is -0.394 e. The predicted octanol–water partition coefficient (Wildman–Crippen LogP) is 2.60. The summed E-state index contributed by atoms with van der Waals surface area (Å²) < 4.78 is 12.8. The molecule has 2 nitrogen and oxygen atoms in total. The van der Waals surface area contributed by atoms with Crippen molar-refractivity contribution >= 4 is 0 Å². The molecule has 2 aromatic carbocycles. The maximum absolute atomic E-state index is 12.8. The van der Waals surface area contributed by atoms with Crippen LogP contribution in [0.2, 0.25) is 0 Å². The lowest BCUT2D eigenvalue weighted by Crippen LogP contribution is -2.44. The summed E-state index contributed by atoms with van der Waals surface area (Å²) >= 11 is 0. The Labute approximate surface area is 130 Å². The van der Waals surface area contributed by atoms with E-state index in [0.717, 1.165) is 18.4 Å². The van der Waals surface area contributed by atoms with E-state index >= 15 is 0 Å². The Morgan fingerprint density at radius 1 is 1.14 bits per heavy atom. The Kier molecular flexibility index (Phi) is 4.24. The number of halogens is 1. The lowest BCUT2D eigenvalue weighted by molar-refractivity contribution is 0.165. The van der Waals surface area contributed by atoms with E-state index in [1.807, 2.05) is 12.1 Å². The molecule has 0 bridgehead atoms. The van der Waals surface area contributed by atoms with Gasteiger partial charge in [-0.3, -0.25) is 5.32 Å². The van der Waals surface area contributed by atoms with Crippen LogP contribution in [0.1, 0.15) is 23.1 Å². The predicted molar refractivity (Wildman–Crippen MR) is 84.8 cm³/mol. The van der Waals surface area contributed by atoms with E-state index in [2.05, 4.69) is 29.3 Å². The first-order valence-corrected chi connectivity index (χ1v) is 7.42. The van der Waals surface area contributed by atoms with Crippen molar-refractivity contribution in [2.75, 3.05) is 13.2 Å². The summed E-state index contributed by atoms with van der Waals surface area (Å²) in [7, 11) is 0. The van der Waals surface area contributed by atoms with Crippen LogP contribution in [0, 0.1) is 17.7 Å². The fourth-order valence-electron chi connectivity index (χ4n) is 2.98. The molecule has 112 valence electrons. The molecule has 0 saturated heterocycles. The van der Waals surface area contributed by atoms with Gasteiger partial charge in [0, 0.05) is 5.56 Å². The van der Waals surface area contributed by atoms with Crippen LogP contribution in [0.4, 0.5) is 4.39 Å². The summed E-state index contributed by atoms with van der Waals surface area (Å²) in [5.41, 5.74) is 2.85. The third-order valence-corrected chi connectivity index (χ3v) is 4.22. The van der Waals surface area contributed by atoms with Crippen LogP contribution in [0.25, 0.3) is 0 Å². The normalized spacial score (nSPS) is 19.4. The van der Waals surface area contributed by atoms with E-state index in [1.165, 1.54) is 23.3 Å². The largest absolute Gasteiger partial charge is 0.394 e. The summed E-state index contributed by atoms with van der Waals surface area (Å²) in [5.74, 6) is 5.78. The fourth-order valence-corrected chi connectivity index (χ4v) is 2.98. The summed E-state index contributed by atoms with van der Waals surface area (Å²) in [5, 5.41) is 13.2. The third kappa shape index (κ3) is 2.89. The molecule has 0 amide bonds.